The van der Waals surface area contributed by atoms with E-state index in [4.69, 9.17) is 16.1 Å². The highest BCUT2D eigenvalue weighted by Crippen LogP contribution is 2.38. The number of benzene rings is 1. The van der Waals surface area contributed by atoms with Crippen LogP contribution in [0, 0.1) is 0 Å². The number of para-hydroxylation sites is 1. The molecule has 0 bridgehead atoms. The van der Waals surface area contributed by atoms with Crippen molar-refractivity contribution in [1.29, 1.82) is 0 Å². The zero-order valence-electron chi connectivity index (χ0n) is 13.5. The summed E-state index contributed by atoms with van der Waals surface area (Å²) in [7, 11) is 1.92. The Morgan fingerprint density at radius 3 is 2.88 bits per heavy atom. The fraction of sp³-hybridized carbons (Fsp3) is 0.471. The highest BCUT2D eigenvalue weighted by Gasteiger charge is 2.36. The lowest BCUT2D eigenvalue weighted by Crippen LogP contribution is -2.39. The van der Waals surface area contributed by atoms with E-state index in [1.807, 2.05) is 30.1 Å². The van der Waals surface area contributed by atoms with Gasteiger partial charge in [-0.3, -0.25) is 9.69 Å². The number of halogens is 1. The molecule has 0 radical (unpaired) electrons. The largest absolute Gasteiger partial charge is 0.338 e. The van der Waals surface area contributed by atoms with Gasteiger partial charge in [-0.1, -0.05) is 28.9 Å². The second-order valence-corrected chi connectivity index (χ2v) is 6.89. The number of carbonyl (C=O) groups is 1. The molecule has 2 heterocycles. The first kappa shape index (κ1) is 15.6. The predicted octanol–water partition coefficient (Wildman–Crippen LogP) is 2.84. The molecular formula is C17H19ClN4O2. The molecule has 1 aromatic carbocycles. The van der Waals surface area contributed by atoms with Gasteiger partial charge < -0.3 is 9.42 Å². The van der Waals surface area contributed by atoms with Gasteiger partial charge in [0, 0.05) is 12.5 Å². The summed E-state index contributed by atoms with van der Waals surface area (Å²) < 4.78 is 5.31. The van der Waals surface area contributed by atoms with Crippen LogP contribution in [0.3, 0.4) is 0 Å². The van der Waals surface area contributed by atoms with E-state index in [9.17, 15) is 4.79 Å². The topological polar surface area (TPSA) is 62.5 Å². The van der Waals surface area contributed by atoms with Crippen molar-refractivity contribution in [3.8, 4) is 0 Å². The van der Waals surface area contributed by atoms with Crippen LogP contribution in [0.4, 0.5) is 5.69 Å². The zero-order valence-corrected chi connectivity index (χ0v) is 14.2. The Bertz CT molecular complexity index is 759. The Balaban J connectivity index is 1.44. The first-order valence-corrected chi connectivity index (χ1v) is 8.60. The van der Waals surface area contributed by atoms with Gasteiger partial charge in [0.05, 0.1) is 23.3 Å². The molecule has 0 N–H and O–H groups in total. The summed E-state index contributed by atoms with van der Waals surface area (Å²) in [6.45, 7) is 1.14. The molecule has 6 nitrogen and oxygen atoms in total. The molecule has 2 fully saturated rings. The predicted molar refractivity (Wildman–Crippen MR) is 90.0 cm³/mol. The summed E-state index contributed by atoms with van der Waals surface area (Å²) in [5.41, 5.74) is 0.772. The van der Waals surface area contributed by atoms with Gasteiger partial charge >= 0.3 is 0 Å². The number of rotatable bonds is 5. The number of amides is 1. The van der Waals surface area contributed by atoms with Crippen molar-refractivity contribution >= 4 is 23.2 Å². The highest BCUT2D eigenvalue weighted by atomic mass is 35.5. The van der Waals surface area contributed by atoms with Gasteiger partial charge in [-0.15, -0.1) is 0 Å². The van der Waals surface area contributed by atoms with Crippen molar-refractivity contribution in [3.63, 3.8) is 0 Å². The molecule has 24 heavy (non-hydrogen) atoms. The van der Waals surface area contributed by atoms with E-state index in [2.05, 4.69) is 10.1 Å². The maximum absolute atomic E-state index is 12.8. The summed E-state index contributed by atoms with van der Waals surface area (Å²) in [4.78, 5) is 20.9. The van der Waals surface area contributed by atoms with Crippen LogP contribution in [0.1, 0.15) is 36.9 Å². The third kappa shape index (κ3) is 2.91. The molecule has 4 rings (SSSR count). The SMILES string of the molecule is CN(Cc1nc(C2CC2)no1)[C@H]1CCN(c2ccccc2Cl)C1=O. The van der Waals surface area contributed by atoms with Gasteiger partial charge in [0.2, 0.25) is 11.8 Å². The lowest BCUT2D eigenvalue weighted by Gasteiger charge is -2.22. The molecule has 0 unspecified atom stereocenters. The average molecular weight is 347 g/mol. The smallest absolute Gasteiger partial charge is 0.244 e. The van der Waals surface area contributed by atoms with Crippen molar-refractivity contribution in [2.45, 2.75) is 37.8 Å². The van der Waals surface area contributed by atoms with Crippen LogP contribution in [0.5, 0.6) is 0 Å². The number of hydrogen-bond donors (Lipinski definition) is 0. The lowest BCUT2D eigenvalue weighted by atomic mass is 10.2. The fourth-order valence-corrected chi connectivity index (χ4v) is 3.38. The molecule has 1 aromatic heterocycles. The number of anilines is 1. The van der Waals surface area contributed by atoms with E-state index in [-0.39, 0.29) is 11.9 Å². The molecule has 1 aliphatic heterocycles. The number of likely N-dealkylation sites (N-methyl/N-ethyl adjacent to an activating group) is 1. The van der Waals surface area contributed by atoms with Crippen LogP contribution in [-0.4, -0.2) is 40.6 Å². The summed E-state index contributed by atoms with van der Waals surface area (Å²) >= 11 is 6.22. The molecule has 1 aliphatic carbocycles. The lowest BCUT2D eigenvalue weighted by molar-refractivity contribution is -0.121. The number of carbonyl (C=O) groups excluding carboxylic acids is 1. The number of nitrogens with zero attached hydrogens (tertiary/aromatic N) is 4. The van der Waals surface area contributed by atoms with Crippen LogP contribution >= 0.6 is 11.6 Å². The molecule has 7 heteroatoms. The van der Waals surface area contributed by atoms with Gasteiger partial charge in [-0.2, -0.15) is 4.98 Å². The molecule has 1 amide bonds. The van der Waals surface area contributed by atoms with Crippen LogP contribution < -0.4 is 4.90 Å². The van der Waals surface area contributed by atoms with Crippen LogP contribution in [0.25, 0.3) is 0 Å². The van der Waals surface area contributed by atoms with Gasteiger partial charge in [-0.25, -0.2) is 0 Å². The normalized spacial score (nSPS) is 21.0. The second-order valence-electron chi connectivity index (χ2n) is 6.48. The zero-order chi connectivity index (χ0) is 16.7. The van der Waals surface area contributed by atoms with E-state index in [1.54, 1.807) is 11.0 Å². The average Bonchev–Trinajstić information content (AvgIpc) is 3.20. The molecule has 2 aliphatic rings. The maximum Gasteiger partial charge on any atom is 0.244 e. The quantitative estimate of drug-likeness (QED) is 0.833. The summed E-state index contributed by atoms with van der Waals surface area (Å²) in [5, 5.41) is 4.62. The molecular weight excluding hydrogens is 328 g/mol. The van der Waals surface area contributed by atoms with E-state index in [1.165, 1.54) is 0 Å². The third-order valence-corrected chi connectivity index (χ3v) is 4.98. The summed E-state index contributed by atoms with van der Waals surface area (Å²) in [6, 6.07) is 7.24. The second kappa shape index (κ2) is 6.18. The minimum atomic E-state index is -0.197. The van der Waals surface area contributed by atoms with Crippen molar-refractivity contribution in [2.24, 2.45) is 0 Å². The first-order chi connectivity index (χ1) is 11.6. The first-order valence-electron chi connectivity index (χ1n) is 8.22. The van der Waals surface area contributed by atoms with E-state index in [0.717, 1.165) is 30.8 Å². The van der Waals surface area contributed by atoms with Gasteiger partial charge in [0.15, 0.2) is 5.82 Å². The Morgan fingerprint density at radius 2 is 2.12 bits per heavy atom. The molecule has 1 saturated heterocycles. The van der Waals surface area contributed by atoms with Gasteiger partial charge in [0.1, 0.15) is 0 Å². The molecule has 0 spiro atoms. The Morgan fingerprint density at radius 1 is 1.33 bits per heavy atom. The monoisotopic (exact) mass is 346 g/mol. The van der Waals surface area contributed by atoms with E-state index >= 15 is 0 Å². The van der Waals surface area contributed by atoms with Crippen LogP contribution in [0.2, 0.25) is 5.02 Å². The molecule has 1 atom stereocenters. The fourth-order valence-electron chi connectivity index (χ4n) is 3.15. The van der Waals surface area contributed by atoms with Crippen LogP contribution in [-0.2, 0) is 11.3 Å². The minimum Gasteiger partial charge on any atom is -0.338 e. The minimum absolute atomic E-state index is 0.0625. The van der Waals surface area contributed by atoms with Crippen LogP contribution in [0.15, 0.2) is 28.8 Å². The van der Waals surface area contributed by atoms with E-state index < -0.39 is 0 Å². The third-order valence-electron chi connectivity index (χ3n) is 4.66. The molecule has 1 saturated carbocycles. The number of aromatic nitrogens is 2. The van der Waals surface area contributed by atoms with E-state index in [0.29, 0.717) is 29.9 Å². The maximum atomic E-state index is 12.8. The van der Waals surface area contributed by atoms with Gasteiger partial charge in [-0.05, 0) is 38.4 Å². The van der Waals surface area contributed by atoms with Crippen molar-refractivity contribution in [3.05, 3.63) is 41.0 Å². The Hall–Kier alpha value is -1.92. The Kier molecular flexibility index (Phi) is 4.02. The van der Waals surface area contributed by atoms with Gasteiger partial charge in [0.25, 0.3) is 0 Å². The van der Waals surface area contributed by atoms with Crippen molar-refractivity contribution in [1.82, 2.24) is 15.0 Å². The Labute approximate surface area is 145 Å². The summed E-state index contributed by atoms with van der Waals surface area (Å²) in [5.74, 6) is 1.90. The molecule has 2 aromatic rings. The summed E-state index contributed by atoms with van der Waals surface area (Å²) in [6.07, 6.45) is 3.04. The highest BCUT2D eigenvalue weighted by molar-refractivity contribution is 6.33. The molecule has 126 valence electrons. The number of hydrogen-bond acceptors (Lipinski definition) is 5. The van der Waals surface area contributed by atoms with Crippen molar-refractivity contribution in [2.75, 3.05) is 18.5 Å². The standard InChI is InChI=1S/C17H19ClN4O2/c1-21(10-15-19-16(20-24-15)11-6-7-11)14-8-9-22(17(14)23)13-5-3-2-4-12(13)18/h2-5,11,14H,6-10H2,1H3/t14-/m0/s1. The van der Waals surface area contributed by atoms with Crippen molar-refractivity contribution < 1.29 is 9.32 Å².